The first-order chi connectivity index (χ1) is 11.0. The summed E-state index contributed by atoms with van der Waals surface area (Å²) in [5.74, 6) is 0.518. The number of amides is 2. The molecule has 1 unspecified atom stereocenters. The lowest BCUT2D eigenvalue weighted by atomic mass is 10.1. The monoisotopic (exact) mass is 335 g/mol. The Labute approximate surface area is 136 Å². The second-order valence-electron chi connectivity index (χ2n) is 5.03. The summed E-state index contributed by atoms with van der Waals surface area (Å²) in [6.07, 6.45) is -0.0233. The Bertz CT molecular complexity index is 789. The van der Waals surface area contributed by atoms with Crippen molar-refractivity contribution in [3.05, 3.63) is 29.0 Å². The van der Waals surface area contributed by atoms with Gasteiger partial charge >= 0.3 is 0 Å². The van der Waals surface area contributed by atoms with E-state index >= 15 is 0 Å². The van der Waals surface area contributed by atoms with E-state index in [2.05, 4.69) is 20.7 Å². The molecule has 0 saturated heterocycles. The van der Waals surface area contributed by atoms with Gasteiger partial charge < -0.3 is 10.1 Å². The molecule has 1 aliphatic rings. The molecule has 0 spiro atoms. The van der Waals surface area contributed by atoms with Gasteiger partial charge in [-0.05, 0) is 25.1 Å². The molecule has 2 heterocycles. The number of nitrogens with zero attached hydrogens (tertiary/aromatic N) is 3. The van der Waals surface area contributed by atoms with E-state index in [0.717, 1.165) is 0 Å². The Hall–Kier alpha value is -2.61. The molecular weight excluding hydrogens is 322 g/mol. The lowest BCUT2D eigenvalue weighted by Gasteiger charge is -2.23. The largest absolute Gasteiger partial charge is 0.495 e. The van der Waals surface area contributed by atoms with E-state index in [1.54, 1.807) is 25.1 Å². The number of nitrogens with one attached hydrogen (secondary N) is 2. The number of aromatic nitrogens is 3. The van der Waals surface area contributed by atoms with Gasteiger partial charge in [0, 0.05) is 5.02 Å². The third kappa shape index (κ3) is 2.98. The fourth-order valence-corrected chi connectivity index (χ4v) is 2.54. The number of rotatable bonds is 3. The minimum atomic E-state index is -0.788. The van der Waals surface area contributed by atoms with Crippen LogP contribution in [-0.2, 0) is 9.59 Å². The number of fused-ring (bicyclic) bond motifs is 1. The minimum Gasteiger partial charge on any atom is -0.495 e. The second kappa shape index (κ2) is 5.88. The number of carbonyl (C=O) groups is 2. The molecule has 120 valence electrons. The number of methoxy groups -OCH3 is 1. The molecule has 0 saturated carbocycles. The standard InChI is InChI=1S/C14H14ClN5O3/c1-7-16-14-18-12(21)6-10(20(14)19-7)13(22)17-9-5-8(15)3-4-11(9)23-2/h3-5,10H,6H2,1-2H3,(H,17,22)(H,16,18,19,21). The summed E-state index contributed by atoms with van der Waals surface area (Å²) in [5, 5.41) is 9.93. The number of carbonyl (C=O) groups excluding carboxylic acids is 2. The van der Waals surface area contributed by atoms with E-state index in [-0.39, 0.29) is 18.3 Å². The fraction of sp³-hybridized carbons (Fsp3) is 0.286. The lowest BCUT2D eigenvalue weighted by Crippen LogP contribution is -2.36. The van der Waals surface area contributed by atoms with Crippen molar-refractivity contribution in [2.45, 2.75) is 19.4 Å². The first-order valence-corrected chi connectivity index (χ1v) is 7.23. The van der Waals surface area contributed by atoms with Crippen molar-refractivity contribution < 1.29 is 14.3 Å². The number of hydrogen-bond donors (Lipinski definition) is 2. The summed E-state index contributed by atoms with van der Waals surface area (Å²) >= 11 is 5.95. The van der Waals surface area contributed by atoms with Crippen molar-refractivity contribution in [3.63, 3.8) is 0 Å². The van der Waals surface area contributed by atoms with E-state index in [1.807, 2.05) is 0 Å². The molecular formula is C14H14ClN5O3. The van der Waals surface area contributed by atoms with Crippen LogP contribution in [0.15, 0.2) is 18.2 Å². The Morgan fingerprint density at radius 3 is 3.04 bits per heavy atom. The molecule has 2 N–H and O–H groups in total. The predicted molar refractivity (Wildman–Crippen MR) is 83.7 cm³/mol. The molecule has 8 nitrogen and oxygen atoms in total. The van der Waals surface area contributed by atoms with Crippen LogP contribution in [-0.4, -0.2) is 33.7 Å². The van der Waals surface area contributed by atoms with Gasteiger partial charge in [0.05, 0.1) is 19.2 Å². The Morgan fingerprint density at radius 2 is 2.30 bits per heavy atom. The summed E-state index contributed by atoms with van der Waals surface area (Å²) in [6, 6.07) is 4.09. The van der Waals surface area contributed by atoms with Crippen LogP contribution in [0.5, 0.6) is 5.75 Å². The van der Waals surface area contributed by atoms with Crippen LogP contribution in [0, 0.1) is 6.92 Å². The van der Waals surface area contributed by atoms with Crippen LogP contribution in [0.25, 0.3) is 0 Å². The maximum atomic E-state index is 12.6. The van der Waals surface area contributed by atoms with Gasteiger partial charge in [0.15, 0.2) is 0 Å². The summed E-state index contributed by atoms with van der Waals surface area (Å²) in [4.78, 5) is 28.4. The Morgan fingerprint density at radius 1 is 1.52 bits per heavy atom. The van der Waals surface area contributed by atoms with Gasteiger partial charge in [-0.3, -0.25) is 14.9 Å². The molecule has 1 aromatic heterocycles. The highest BCUT2D eigenvalue weighted by Crippen LogP contribution is 2.30. The number of aryl methyl sites for hydroxylation is 1. The zero-order valence-corrected chi connectivity index (χ0v) is 13.2. The molecule has 1 aromatic carbocycles. The minimum absolute atomic E-state index is 0.0233. The summed E-state index contributed by atoms with van der Waals surface area (Å²) in [6.45, 7) is 1.69. The van der Waals surface area contributed by atoms with E-state index in [1.165, 1.54) is 11.8 Å². The second-order valence-corrected chi connectivity index (χ2v) is 5.47. The van der Waals surface area contributed by atoms with Crippen molar-refractivity contribution in [1.29, 1.82) is 0 Å². The number of ether oxygens (including phenoxy) is 1. The summed E-state index contributed by atoms with van der Waals surface area (Å²) in [7, 11) is 1.49. The van der Waals surface area contributed by atoms with E-state index < -0.39 is 11.9 Å². The molecule has 0 fully saturated rings. The maximum absolute atomic E-state index is 12.6. The molecule has 23 heavy (non-hydrogen) atoms. The van der Waals surface area contributed by atoms with Gasteiger partial charge in [0.25, 0.3) is 0 Å². The zero-order valence-electron chi connectivity index (χ0n) is 12.5. The van der Waals surface area contributed by atoms with E-state index in [9.17, 15) is 9.59 Å². The molecule has 3 rings (SSSR count). The Kier molecular flexibility index (Phi) is 3.91. The van der Waals surface area contributed by atoms with Crippen molar-refractivity contribution in [1.82, 2.24) is 14.8 Å². The topological polar surface area (TPSA) is 98.1 Å². The smallest absolute Gasteiger partial charge is 0.250 e. The van der Waals surface area contributed by atoms with Gasteiger partial charge in [-0.1, -0.05) is 11.6 Å². The van der Waals surface area contributed by atoms with Gasteiger partial charge in [-0.15, -0.1) is 0 Å². The summed E-state index contributed by atoms with van der Waals surface area (Å²) < 4.78 is 6.60. The van der Waals surface area contributed by atoms with E-state index in [4.69, 9.17) is 16.3 Å². The first-order valence-electron chi connectivity index (χ1n) is 6.85. The number of hydrogen-bond acceptors (Lipinski definition) is 5. The van der Waals surface area contributed by atoms with Gasteiger partial charge in [-0.25, -0.2) is 4.68 Å². The molecule has 1 atom stereocenters. The molecule has 2 amide bonds. The van der Waals surface area contributed by atoms with Crippen LogP contribution >= 0.6 is 11.6 Å². The zero-order chi connectivity index (χ0) is 16.6. The van der Waals surface area contributed by atoms with Crippen molar-refractivity contribution in [2.24, 2.45) is 0 Å². The predicted octanol–water partition coefficient (Wildman–Crippen LogP) is 1.77. The molecule has 0 radical (unpaired) electrons. The molecule has 0 aliphatic carbocycles. The normalized spacial score (nSPS) is 16.5. The highest BCUT2D eigenvalue weighted by Gasteiger charge is 2.33. The third-order valence-corrected chi connectivity index (χ3v) is 3.62. The summed E-state index contributed by atoms with van der Waals surface area (Å²) in [5.41, 5.74) is 0.425. The van der Waals surface area contributed by atoms with Gasteiger partial charge in [-0.2, -0.15) is 10.1 Å². The Balaban J connectivity index is 1.89. The van der Waals surface area contributed by atoms with Crippen molar-refractivity contribution in [3.8, 4) is 5.75 Å². The first kappa shape index (κ1) is 15.3. The van der Waals surface area contributed by atoms with Crippen LogP contribution in [0.2, 0.25) is 5.02 Å². The third-order valence-electron chi connectivity index (χ3n) is 3.38. The number of anilines is 2. The van der Waals surface area contributed by atoms with Crippen LogP contribution in [0.4, 0.5) is 11.6 Å². The number of benzene rings is 1. The van der Waals surface area contributed by atoms with Crippen LogP contribution in [0.1, 0.15) is 18.3 Å². The molecule has 1 aliphatic heterocycles. The maximum Gasteiger partial charge on any atom is 0.250 e. The van der Waals surface area contributed by atoms with Gasteiger partial charge in [0.2, 0.25) is 17.8 Å². The number of halogens is 1. The fourth-order valence-electron chi connectivity index (χ4n) is 2.37. The SMILES string of the molecule is COc1ccc(Cl)cc1NC(=O)C1CC(=O)Nc2nc(C)nn21. The van der Waals surface area contributed by atoms with Crippen LogP contribution in [0.3, 0.4) is 0 Å². The highest BCUT2D eigenvalue weighted by molar-refractivity contribution is 6.31. The van der Waals surface area contributed by atoms with E-state index in [0.29, 0.717) is 22.3 Å². The highest BCUT2D eigenvalue weighted by atomic mass is 35.5. The lowest BCUT2D eigenvalue weighted by molar-refractivity contribution is -0.125. The van der Waals surface area contributed by atoms with Crippen LogP contribution < -0.4 is 15.4 Å². The molecule has 0 bridgehead atoms. The average Bonchev–Trinajstić information content (AvgIpc) is 2.86. The quantitative estimate of drug-likeness (QED) is 0.890. The molecule has 9 heteroatoms. The van der Waals surface area contributed by atoms with Crippen molar-refractivity contribution in [2.75, 3.05) is 17.7 Å². The van der Waals surface area contributed by atoms with Crippen molar-refractivity contribution >= 4 is 35.1 Å². The van der Waals surface area contributed by atoms with Gasteiger partial charge in [0.1, 0.15) is 17.6 Å². The molecule has 2 aromatic rings. The average molecular weight is 336 g/mol.